The molecule has 2 N–H and O–H groups in total. The van der Waals surface area contributed by atoms with Gasteiger partial charge in [0.2, 0.25) is 0 Å². The smallest absolute Gasteiger partial charge is 0.304 e. The summed E-state index contributed by atoms with van der Waals surface area (Å²) in [5, 5.41) is 10.6. The van der Waals surface area contributed by atoms with Crippen molar-refractivity contribution in [1.29, 1.82) is 0 Å². The van der Waals surface area contributed by atoms with Crippen molar-refractivity contribution >= 4 is 55.0 Å². The number of hydrogen-bond donors (Lipinski definition) is 1. The highest BCUT2D eigenvalue weighted by Gasteiger charge is 2.28. The number of thiophene rings is 2. The van der Waals surface area contributed by atoms with Crippen molar-refractivity contribution in [2.24, 2.45) is 0 Å². The van der Waals surface area contributed by atoms with Crippen molar-refractivity contribution in [2.45, 2.75) is 10.8 Å². The van der Waals surface area contributed by atoms with Crippen LogP contribution in [0.1, 0.15) is 4.88 Å². The molecule has 0 saturated heterocycles. The van der Waals surface area contributed by atoms with Crippen molar-refractivity contribution in [3.05, 3.63) is 37.5 Å². The third-order valence-electron chi connectivity index (χ3n) is 2.59. The molecule has 0 aromatic carbocycles. The normalized spacial score (nSPS) is 12.0. The van der Waals surface area contributed by atoms with Crippen LogP contribution in [0.3, 0.4) is 0 Å². The Kier molecular flexibility index (Phi) is 4.54. The molecule has 0 unspecified atom stereocenters. The number of anilines is 1. The van der Waals surface area contributed by atoms with Crippen molar-refractivity contribution in [3.63, 3.8) is 0 Å². The Hall–Kier alpha value is -1.20. The summed E-state index contributed by atoms with van der Waals surface area (Å²) in [6.45, 7) is 0.130. The molecule has 2 aromatic rings. The summed E-state index contributed by atoms with van der Waals surface area (Å²) in [6.07, 6.45) is 0. The van der Waals surface area contributed by atoms with E-state index in [-0.39, 0.29) is 15.8 Å². The van der Waals surface area contributed by atoms with Crippen LogP contribution in [0, 0.1) is 10.1 Å². The van der Waals surface area contributed by atoms with Crippen LogP contribution >= 0.6 is 34.3 Å². The SMILES string of the molecule is CN(Cc1ccc(Cl)s1)S(=O)(=O)c1cc([N+](=O)[O-])c(N)s1. The molecular weight excluding hydrogens is 358 g/mol. The Morgan fingerprint density at radius 3 is 2.57 bits per heavy atom. The first kappa shape index (κ1) is 16.2. The molecule has 0 atom stereocenters. The zero-order valence-corrected chi connectivity index (χ0v) is 13.9. The Morgan fingerprint density at radius 1 is 1.43 bits per heavy atom. The van der Waals surface area contributed by atoms with Crippen LogP contribution in [0.4, 0.5) is 10.7 Å². The fraction of sp³-hybridized carbons (Fsp3) is 0.200. The van der Waals surface area contributed by atoms with Crippen molar-refractivity contribution in [1.82, 2.24) is 4.31 Å². The van der Waals surface area contributed by atoms with E-state index in [0.717, 1.165) is 15.2 Å². The van der Waals surface area contributed by atoms with E-state index >= 15 is 0 Å². The molecule has 11 heteroatoms. The highest BCUT2D eigenvalue weighted by atomic mass is 35.5. The second-order valence-corrected chi connectivity index (χ2v) is 9.19. The van der Waals surface area contributed by atoms with E-state index < -0.39 is 20.6 Å². The van der Waals surface area contributed by atoms with Crippen LogP contribution in [0.5, 0.6) is 0 Å². The van der Waals surface area contributed by atoms with Gasteiger partial charge in [-0.2, -0.15) is 4.31 Å². The monoisotopic (exact) mass is 367 g/mol. The van der Waals surface area contributed by atoms with Gasteiger partial charge in [-0.25, -0.2) is 8.42 Å². The summed E-state index contributed by atoms with van der Waals surface area (Å²) in [5.41, 5.74) is 5.08. The summed E-state index contributed by atoms with van der Waals surface area (Å²) in [5.74, 6) is 0. The number of halogens is 1. The molecule has 0 bridgehead atoms. The topological polar surface area (TPSA) is 107 Å². The fourth-order valence-corrected chi connectivity index (χ4v) is 5.33. The largest absolute Gasteiger partial charge is 0.385 e. The zero-order chi connectivity index (χ0) is 15.8. The number of hydrogen-bond acceptors (Lipinski definition) is 7. The minimum absolute atomic E-state index is 0.130. The summed E-state index contributed by atoms with van der Waals surface area (Å²) in [4.78, 5) is 10.8. The van der Waals surface area contributed by atoms with E-state index in [1.54, 1.807) is 12.1 Å². The maximum atomic E-state index is 12.4. The molecule has 0 aliphatic rings. The Bertz CT molecular complexity index is 783. The lowest BCUT2D eigenvalue weighted by atomic mass is 10.5. The third-order valence-corrected chi connectivity index (χ3v) is 7.01. The average molecular weight is 368 g/mol. The molecule has 0 radical (unpaired) electrons. The molecule has 2 aromatic heterocycles. The number of nitro groups is 1. The van der Waals surface area contributed by atoms with Crippen LogP contribution in [-0.4, -0.2) is 24.7 Å². The number of nitrogens with two attached hydrogens (primary N) is 1. The maximum absolute atomic E-state index is 12.4. The molecular formula is C10H10ClN3O4S3. The lowest BCUT2D eigenvalue weighted by molar-refractivity contribution is -0.383. The van der Waals surface area contributed by atoms with E-state index in [2.05, 4.69) is 0 Å². The molecule has 21 heavy (non-hydrogen) atoms. The summed E-state index contributed by atoms with van der Waals surface area (Å²) >= 11 is 7.74. The molecule has 114 valence electrons. The average Bonchev–Trinajstić information content (AvgIpc) is 2.95. The number of nitrogen functional groups attached to an aromatic ring is 1. The predicted molar refractivity (Wildman–Crippen MR) is 83.4 cm³/mol. The van der Waals surface area contributed by atoms with Gasteiger partial charge in [-0.1, -0.05) is 22.9 Å². The van der Waals surface area contributed by atoms with Crippen LogP contribution in [-0.2, 0) is 16.6 Å². The molecule has 2 rings (SSSR count). The minimum atomic E-state index is -3.83. The van der Waals surface area contributed by atoms with E-state index in [1.807, 2.05) is 0 Å². The van der Waals surface area contributed by atoms with Gasteiger partial charge in [-0.05, 0) is 12.1 Å². The first-order valence-corrected chi connectivity index (χ1v) is 8.91. The van der Waals surface area contributed by atoms with E-state index in [0.29, 0.717) is 15.7 Å². The maximum Gasteiger partial charge on any atom is 0.304 e. The van der Waals surface area contributed by atoms with Crippen LogP contribution < -0.4 is 5.73 Å². The van der Waals surface area contributed by atoms with Gasteiger partial charge in [0.1, 0.15) is 4.21 Å². The highest BCUT2D eigenvalue weighted by Crippen LogP contribution is 2.36. The second-order valence-electron chi connectivity index (χ2n) is 4.04. The van der Waals surface area contributed by atoms with Gasteiger partial charge < -0.3 is 5.73 Å². The Balaban J connectivity index is 2.28. The molecule has 7 nitrogen and oxygen atoms in total. The van der Waals surface area contributed by atoms with Crippen LogP contribution in [0.15, 0.2) is 22.4 Å². The molecule has 0 saturated carbocycles. The highest BCUT2D eigenvalue weighted by molar-refractivity contribution is 7.91. The van der Waals surface area contributed by atoms with Gasteiger partial charge in [0.25, 0.3) is 10.0 Å². The Labute approximate surface area is 133 Å². The second kappa shape index (κ2) is 5.89. The van der Waals surface area contributed by atoms with Crippen LogP contribution in [0.2, 0.25) is 4.34 Å². The van der Waals surface area contributed by atoms with Crippen molar-refractivity contribution in [3.8, 4) is 0 Å². The lowest BCUT2D eigenvalue weighted by Crippen LogP contribution is -2.25. The van der Waals surface area contributed by atoms with Gasteiger partial charge in [0.15, 0.2) is 5.00 Å². The fourth-order valence-electron chi connectivity index (χ4n) is 1.54. The molecule has 0 aliphatic heterocycles. The molecule has 0 aliphatic carbocycles. The molecule has 0 spiro atoms. The van der Waals surface area contributed by atoms with Gasteiger partial charge in [-0.15, -0.1) is 11.3 Å². The molecule has 0 fully saturated rings. The summed E-state index contributed by atoms with van der Waals surface area (Å²) < 4.78 is 26.2. The first-order chi connectivity index (χ1) is 9.71. The molecule has 2 heterocycles. The number of rotatable bonds is 5. The molecule has 0 amide bonds. The summed E-state index contributed by atoms with van der Waals surface area (Å²) in [7, 11) is -2.44. The van der Waals surface area contributed by atoms with Gasteiger partial charge in [-0.3, -0.25) is 10.1 Å². The Morgan fingerprint density at radius 2 is 2.10 bits per heavy atom. The van der Waals surface area contributed by atoms with Gasteiger partial charge >= 0.3 is 5.69 Å². The third kappa shape index (κ3) is 3.35. The first-order valence-electron chi connectivity index (χ1n) is 5.46. The quantitative estimate of drug-likeness (QED) is 0.645. The van der Waals surface area contributed by atoms with E-state index in [4.69, 9.17) is 17.3 Å². The minimum Gasteiger partial charge on any atom is -0.385 e. The van der Waals surface area contributed by atoms with Crippen molar-refractivity contribution in [2.75, 3.05) is 12.8 Å². The van der Waals surface area contributed by atoms with E-state index in [1.165, 1.54) is 18.4 Å². The summed E-state index contributed by atoms with van der Waals surface area (Å²) in [6, 6.07) is 4.38. The lowest BCUT2D eigenvalue weighted by Gasteiger charge is -2.14. The zero-order valence-electron chi connectivity index (χ0n) is 10.6. The predicted octanol–water partition coefficient (Wildman–Crippen LogP) is 2.77. The van der Waals surface area contributed by atoms with Gasteiger partial charge in [0.05, 0.1) is 9.26 Å². The number of sulfonamides is 1. The van der Waals surface area contributed by atoms with Crippen LogP contribution in [0.25, 0.3) is 0 Å². The number of nitrogens with zero attached hydrogens (tertiary/aromatic N) is 2. The van der Waals surface area contributed by atoms with E-state index in [9.17, 15) is 18.5 Å². The standard InChI is InChI=1S/C10H10ClN3O4S3/c1-13(5-6-2-3-8(11)19-6)21(17,18)9-4-7(14(15)16)10(12)20-9/h2-4H,5,12H2,1H3. The van der Waals surface area contributed by atoms with Crippen molar-refractivity contribution < 1.29 is 13.3 Å². The van der Waals surface area contributed by atoms with Gasteiger partial charge in [0, 0.05) is 24.5 Å².